The molecule has 1 aromatic rings. The number of halogens is 1. The van der Waals surface area contributed by atoms with Gasteiger partial charge >= 0.3 is 0 Å². The van der Waals surface area contributed by atoms with Gasteiger partial charge in [-0.2, -0.15) is 0 Å². The van der Waals surface area contributed by atoms with Crippen molar-refractivity contribution in [3.05, 3.63) is 11.8 Å². The van der Waals surface area contributed by atoms with Crippen molar-refractivity contribution in [2.45, 2.75) is 38.8 Å². The molecule has 0 radical (unpaired) electrons. The topological polar surface area (TPSA) is 70.4 Å². The van der Waals surface area contributed by atoms with Gasteiger partial charge in [-0.1, -0.05) is 5.16 Å². The first-order chi connectivity index (χ1) is 9.10. The Hall–Kier alpha value is -1.11. The Balaban J connectivity index is 0.00000200. The average molecular weight is 303 g/mol. The fourth-order valence-electron chi connectivity index (χ4n) is 2.41. The first-order valence-electron chi connectivity index (χ1n) is 6.75. The maximum Gasteiger partial charge on any atom is 0.243 e. The summed E-state index contributed by atoms with van der Waals surface area (Å²) in [5.41, 5.74) is 0.760. The number of likely N-dealkylation sites (tertiary alicyclic amines) is 1. The van der Waals surface area contributed by atoms with Crippen LogP contribution in [0.2, 0.25) is 0 Å². The largest absolute Gasteiger partial charge is 0.338 e. The first-order valence-corrected chi connectivity index (χ1v) is 6.75. The lowest BCUT2D eigenvalue weighted by molar-refractivity contribution is -0.121. The number of aryl methyl sites for hydroxylation is 1. The predicted molar refractivity (Wildman–Crippen MR) is 80.2 cm³/mol. The summed E-state index contributed by atoms with van der Waals surface area (Å²) < 4.78 is 5.00. The molecule has 1 aliphatic rings. The zero-order valence-electron chi connectivity index (χ0n) is 12.2. The van der Waals surface area contributed by atoms with E-state index in [2.05, 4.69) is 20.7 Å². The van der Waals surface area contributed by atoms with Crippen LogP contribution in [-0.4, -0.2) is 48.2 Å². The van der Waals surface area contributed by atoms with Gasteiger partial charge < -0.3 is 9.84 Å². The van der Waals surface area contributed by atoms with Crippen LogP contribution in [0, 0.1) is 6.92 Å². The average Bonchev–Trinajstić information content (AvgIpc) is 2.83. The number of likely N-dealkylation sites (N-methyl/N-ethyl adjacent to an activating group) is 1. The molecule has 2 heterocycles. The number of nitrogens with one attached hydrogen (secondary N) is 2. The molecule has 2 atom stereocenters. The molecule has 2 rings (SSSR count). The zero-order valence-corrected chi connectivity index (χ0v) is 13.0. The Morgan fingerprint density at radius 3 is 2.95 bits per heavy atom. The quantitative estimate of drug-likeness (QED) is 0.880. The summed E-state index contributed by atoms with van der Waals surface area (Å²) in [7, 11) is 1.97. The molecule has 1 amide bonds. The highest BCUT2D eigenvalue weighted by atomic mass is 35.5. The Kier molecular flexibility index (Phi) is 6.45. The Morgan fingerprint density at radius 1 is 1.60 bits per heavy atom. The number of nitrogens with zero attached hydrogens (tertiary/aromatic N) is 2. The van der Waals surface area contributed by atoms with Gasteiger partial charge in [-0.05, 0) is 40.3 Å². The van der Waals surface area contributed by atoms with Gasteiger partial charge in [0.05, 0.1) is 11.7 Å². The van der Waals surface area contributed by atoms with Crippen LogP contribution in [0.15, 0.2) is 10.6 Å². The van der Waals surface area contributed by atoms with Gasteiger partial charge in [0.2, 0.25) is 11.8 Å². The van der Waals surface area contributed by atoms with E-state index < -0.39 is 0 Å². The normalized spacial score (nSPS) is 21.1. The molecule has 20 heavy (non-hydrogen) atoms. The second kappa shape index (κ2) is 7.61. The number of anilines is 1. The fraction of sp³-hybridized carbons (Fsp3) is 0.692. The third-order valence-electron chi connectivity index (χ3n) is 3.66. The highest BCUT2D eigenvalue weighted by Gasteiger charge is 2.27. The van der Waals surface area contributed by atoms with Crippen molar-refractivity contribution in [1.82, 2.24) is 15.4 Å². The molecule has 0 saturated carbocycles. The molecule has 1 fully saturated rings. The maximum atomic E-state index is 12.2. The number of rotatable bonds is 4. The van der Waals surface area contributed by atoms with Gasteiger partial charge in [0.15, 0.2) is 0 Å². The molecule has 114 valence electrons. The third kappa shape index (κ3) is 4.19. The smallest absolute Gasteiger partial charge is 0.243 e. The number of carbonyl (C=O) groups is 1. The van der Waals surface area contributed by atoms with Crippen LogP contribution in [0.5, 0.6) is 0 Å². The van der Waals surface area contributed by atoms with Crippen molar-refractivity contribution in [2.24, 2.45) is 0 Å². The van der Waals surface area contributed by atoms with E-state index in [0.717, 1.165) is 25.2 Å². The van der Waals surface area contributed by atoms with Crippen molar-refractivity contribution in [1.29, 1.82) is 0 Å². The lowest BCUT2D eigenvalue weighted by atomic mass is 10.0. The number of hydrogen-bond donors (Lipinski definition) is 2. The molecule has 2 unspecified atom stereocenters. The summed E-state index contributed by atoms with van der Waals surface area (Å²) in [6.45, 7) is 5.62. The second-order valence-corrected chi connectivity index (χ2v) is 5.12. The van der Waals surface area contributed by atoms with E-state index in [4.69, 9.17) is 4.52 Å². The van der Waals surface area contributed by atoms with Crippen molar-refractivity contribution < 1.29 is 9.32 Å². The maximum absolute atomic E-state index is 12.2. The van der Waals surface area contributed by atoms with Crippen molar-refractivity contribution in [3.63, 3.8) is 0 Å². The van der Waals surface area contributed by atoms with E-state index in [1.54, 1.807) is 6.07 Å². The SMILES string of the molecule is CNC1CCCN(C(C)C(=O)Nc2cc(C)no2)C1.Cl. The number of aromatic nitrogens is 1. The number of piperidine rings is 1. The summed E-state index contributed by atoms with van der Waals surface area (Å²) in [5, 5.41) is 9.79. The van der Waals surface area contributed by atoms with Crippen molar-refractivity contribution >= 4 is 24.2 Å². The summed E-state index contributed by atoms with van der Waals surface area (Å²) in [6.07, 6.45) is 2.28. The minimum absolute atomic E-state index is 0. The standard InChI is InChI=1S/C13H22N4O2.ClH/c1-9-7-12(19-16-9)15-13(18)10(2)17-6-4-5-11(8-17)14-3;/h7,10-11,14H,4-6,8H2,1-3H3,(H,15,18);1H. The fourth-order valence-corrected chi connectivity index (χ4v) is 2.41. The predicted octanol–water partition coefficient (Wildman–Crippen LogP) is 1.42. The molecule has 7 heteroatoms. The lowest BCUT2D eigenvalue weighted by Gasteiger charge is -2.35. The van der Waals surface area contributed by atoms with Crippen molar-refractivity contribution in [2.75, 3.05) is 25.5 Å². The Bertz CT molecular complexity index is 438. The van der Waals surface area contributed by atoms with Gasteiger partial charge in [-0.25, -0.2) is 0 Å². The van der Waals surface area contributed by atoms with Crippen LogP contribution in [-0.2, 0) is 4.79 Å². The summed E-state index contributed by atoms with van der Waals surface area (Å²) in [6, 6.07) is 2.02. The van der Waals surface area contributed by atoms with E-state index in [1.807, 2.05) is 20.9 Å². The van der Waals surface area contributed by atoms with E-state index in [1.165, 1.54) is 6.42 Å². The molecular formula is C13H23ClN4O2. The number of amides is 1. The van der Waals surface area contributed by atoms with E-state index >= 15 is 0 Å². The highest BCUT2D eigenvalue weighted by Crippen LogP contribution is 2.15. The first kappa shape index (κ1) is 16.9. The van der Waals surface area contributed by atoms with Crippen LogP contribution in [0.25, 0.3) is 0 Å². The van der Waals surface area contributed by atoms with Gasteiger partial charge in [-0.15, -0.1) is 12.4 Å². The zero-order chi connectivity index (χ0) is 13.8. The highest BCUT2D eigenvalue weighted by molar-refractivity contribution is 5.93. The Morgan fingerprint density at radius 2 is 2.35 bits per heavy atom. The minimum atomic E-state index is -0.165. The van der Waals surface area contributed by atoms with Crippen LogP contribution in [0.3, 0.4) is 0 Å². The second-order valence-electron chi connectivity index (χ2n) is 5.12. The monoisotopic (exact) mass is 302 g/mol. The van der Waals surface area contributed by atoms with E-state index in [9.17, 15) is 4.79 Å². The van der Waals surface area contributed by atoms with Gasteiger partial charge in [0.25, 0.3) is 0 Å². The van der Waals surface area contributed by atoms with E-state index in [0.29, 0.717) is 11.9 Å². The van der Waals surface area contributed by atoms with Gasteiger partial charge in [0, 0.05) is 18.7 Å². The Labute approximate surface area is 125 Å². The molecular weight excluding hydrogens is 280 g/mol. The molecule has 0 aromatic carbocycles. The van der Waals surface area contributed by atoms with Crippen LogP contribution >= 0.6 is 12.4 Å². The van der Waals surface area contributed by atoms with Crippen LogP contribution < -0.4 is 10.6 Å². The summed E-state index contributed by atoms with van der Waals surface area (Å²) in [5.74, 6) is 0.365. The van der Waals surface area contributed by atoms with Crippen LogP contribution in [0.4, 0.5) is 5.88 Å². The molecule has 0 spiro atoms. The molecule has 2 N–H and O–H groups in total. The summed E-state index contributed by atoms with van der Waals surface area (Å²) >= 11 is 0. The molecule has 6 nitrogen and oxygen atoms in total. The molecule has 1 aliphatic heterocycles. The summed E-state index contributed by atoms with van der Waals surface area (Å²) in [4.78, 5) is 14.4. The molecule has 0 bridgehead atoms. The number of carbonyl (C=O) groups excluding carboxylic acids is 1. The number of hydrogen-bond acceptors (Lipinski definition) is 5. The van der Waals surface area contributed by atoms with E-state index in [-0.39, 0.29) is 24.4 Å². The molecule has 0 aliphatic carbocycles. The lowest BCUT2D eigenvalue weighted by Crippen LogP contribution is -2.51. The minimum Gasteiger partial charge on any atom is -0.338 e. The van der Waals surface area contributed by atoms with Crippen molar-refractivity contribution in [3.8, 4) is 0 Å². The van der Waals surface area contributed by atoms with Crippen LogP contribution in [0.1, 0.15) is 25.5 Å². The third-order valence-corrected chi connectivity index (χ3v) is 3.66. The van der Waals surface area contributed by atoms with Gasteiger partial charge in [0.1, 0.15) is 0 Å². The van der Waals surface area contributed by atoms with Gasteiger partial charge in [-0.3, -0.25) is 15.0 Å². The molecule has 1 saturated heterocycles. The molecule has 1 aromatic heterocycles.